The topological polar surface area (TPSA) is 116 Å². The maximum Gasteiger partial charge on any atom is 0.342 e. The Balaban J connectivity index is 2.44. The van der Waals surface area contributed by atoms with Crippen LogP contribution in [-0.4, -0.2) is 30.8 Å². The molecule has 0 fully saturated rings. The van der Waals surface area contributed by atoms with Gasteiger partial charge in [0, 0.05) is 7.05 Å². The van der Waals surface area contributed by atoms with Crippen LogP contribution in [0.15, 0.2) is 6.33 Å². The molecule has 0 saturated heterocycles. The minimum absolute atomic E-state index is 0.128. The molecule has 2 rings (SSSR count). The highest BCUT2D eigenvalue weighted by atomic mass is 16.5. The van der Waals surface area contributed by atoms with Crippen molar-refractivity contribution in [2.45, 2.75) is 13.8 Å². The molecule has 0 bridgehead atoms. The van der Waals surface area contributed by atoms with Gasteiger partial charge >= 0.3 is 6.01 Å². The van der Waals surface area contributed by atoms with Crippen LogP contribution in [0.25, 0.3) is 0 Å². The lowest BCUT2D eigenvalue weighted by atomic mass is 10.1. The van der Waals surface area contributed by atoms with Crippen LogP contribution in [0.1, 0.15) is 16.8 Å². The van der Waals surface area contributed by atoms with Gasteiger partial charge in [-0.15, -0.1) is 10.2 Å². The molecule has 0 spiro atoms. The molecule has 18 heavy (non-hydrogen) atoms. The third kappa shape index (κ3) is 2.12. The van der Waals surface area contributed by atoms with Gasteiger partial charge in [-0.3, -0.25) is 10.1 Å². The molecule has 0 amide bonds. The van der Waals surface area contributed by atoms with Crippen LogP contribution in [0.5, 0.6) is 11.9 Å². The Kier molecular flexibility index (Phi) is 2.92. The summed E-state index contributed by atoms with van der Waals surface area (Å²) in [5.74, 6) is 0.00762. The maximum atomic E-state index is 7.57. The second-order valence-corrected chi connectivity index (χ2v) is 3.81. The van der Waals surface area contributed by atoms with E-state index >= 15 is 0 Å². The molecule has 2 aromatic heterocycles. The van der Waals surface area contributed by atoms with Crippen molar-refractivity contribution in [3.63, 3.8) is 0 Å². The first kappa shape index (κ1) is 12.0. The van der Waals surface area contributed by atoms with Gasteiger partial charge in [-0.1, -0.05) is 0 Å². The number of nitrogen functional groups attached to an aromatic ring is 1. The van der Waals surface area contributed by atoms with Crippen LogP contribution in [-0.2, 0) is 7.05 Å². The number of nitrogens with zero attached hydrogens (tertiary/aromatic N) is 5. The summed E-state index contributed by atoms with van der Waals surface area (Å²) in [4.78, 5) is 3.91. The minimum Gasteiger partial charge on any atom is -0.402 e. The van der Waals surface area contributed by atoms with E-state index in [9.17, 15) is 0 Å². The second kappa shape index (κ2) is 4.40. The summed E-state index contributed by atoms with van der Waals surface area (Å²) in [5.41, 5.74) is 7.39. The summed E-state index contributed by atoms with van der Waals surface area (Å²) in [6.45, 7) is 3.59. The molecule has 0 aliphatic heterocycles. The average Bonchev–Trinajstić information content (AvgIpc) is 2.69. The number of amidine groups is 1. The Morgan fingerprint density at radius 2 is 2.11 bits per heavy atom. The van der Waals surface area contributed by atoms with Crippen LogP contribution in [0, 0.1) is 19.3 Å². The minimum atomic E-state index is -0.128. The fourth-order valence-electron chi connectivity index (χ4n) is 1.43. The molecule has 0 aliphatic carbocycles. The lowest BCUT2D eigenvalue weighted by Crippen LogP contribution is -2.17. The Labute approximate surface area is 103 Å². The fraction of sp³-hybridized carbons (Fsp3) is 0.300. The molecule has 3 N–H and O–H groups in total. The van der Waals surface area contributed by atoms with Crippen molar-refractivity contribution in [3.05, 3.63) is 23.1 Å². The molecule has 0 unspecified atom stereocenters. The standard InChI is InChI=1S/C10H13N7O/c1-5-6(2)14-15-9(7(5)8(11)12)18-10-13-4-17(3)16-10/h4H,1-3H3,(H3,11,12). The summed E-state index contributed by atoms with van der Waals surface area (Å²) in [5, 5.41) is 19.3. The quantitative estimate of drug-likeness (QED) is 0.595. The molecule has 0 aromatic carbocycles. The smallest absolute Gasteiger partial charge is 0.342 e. The Bertz CT molecular complexity index is 604. The van der Waals surface area contributed by atoms with Gasteiger partial charge in [-0.2, -0.15) is 10.1 Å². The number of aromatic nitrogens is 5. The van der Waals surface area contributed by atoms with Gasteiger partial charge in [-0.05, 0) is 19.4 Å². The predicted octanol–water partition coefficient (Wildman–Crippen LogP) is 0.298. The molecule has 8 nitrogen and oxygen atoms in total. The van der Waals surface area contributed by atoms with Crippen molar-refractivity contribution < 1.29 is 4.74 Å². The van der Waals surface area contributed by atoms with Crippen LogP contribution < -0.4 is 10.5 Å². The second-order valence-electron chi connectivity index (χ2n) is 3.81. The van der Waals surface area contributed by atoms with Gasteiger partial charge < -0.3 is 10.5 Å². The van der Waals surface area contributed by atoms with E-state index in [0.717, 1.165) is 5.56 Å². The number of hydrogen-bond acceptors (Lipinski definition) is 6. The zero-order chi connectivity index (χ0) is 13.3. The molecule has 0 aliphatic rings. The average molecular weight is 247 g/mol. The summed E-state index contributed by atoms with van der Waals surface area (Å²) in [6.07, 6.45) is 1.50. The Hall–Kier alpha value is -2.51. The van der Waals surface area contributed by atoms with Crippen LogP contribution >= 0.6 is 0 Å². The first-order valence-electron chi connectivity index (χ1n) is 5.20. The Morgan fingerprint density at radius 3 is 2.67 bits per heavy atom. The van der Waals surface area contributed by atoms with E-state index < -0.39 is 0 Å². The molecular weight excluding hydrogens is 234 g/mol. The van der Waals surface area contributed by atoms with Gasteiger partial charge in [0.25, 0.3) is 5.88 Å². The van der Waals surface area contributed by atoms with Crippen molar-refractivity contribution in [1.82, 2.24) is 25.0 Å². The Morgan fingerprint density at radius 1 is 1.39 bits per heavy atom. The molecule has 0 radical (unpaired) electrons. The van der Waals surface area contributed by atoms with E-state index in [-0.39, 0.29) is 17.7 Å². The highest BCUT2D eigenvalue weighted by Crippen LogP contribution is 2.23. The van der Waals surface area contributed by atoms with Crippen molar-refractivity contribution in [1.29, 1.82) is 5.41 Å². The van der Waals surface area contributed by atoms with E-state index in [1.54, 1.807) is 20.9 Å². The van der Waals surface area contributed by atoms with Crippen molar-refractivity contribution >= 4 is 5.84 Å². The van der Waals surface area contributed by atoms with Crippen LogP contribution in [0.4, 0.5) is 0 Å². The lowest BCUT2D eigenvalue weighted by molar-refractivity contribution is 0.414. The van der Waals surface area contributed by atoms with Gasteiger partial charge in [0.05, 0.1) is 11.3 Å². The van der Waals surface area contributed by atoms with Gasteiger partial charge in [0.1, 0.15) is 12.2 Å². The molecule has 2 aromatic rings. The number of nitrogens with one attached hydrogen (secondary N) is 1. The number of aryl methyl sites for hydroxylation is 2. The van der Waals surface area contributed by atoms with Crippen LogP contribution in [0.3, 0.4) is 0 Å². The van der Waals surface area contributed by atoms with Crippen molar-refractivity contribution in [2.75, 3.05) is 0 Å². The van der Waals surface area contributed by atoms with E-state index in [4.69, 9.17) is 15.9 Å². The van der Waals surface area contributed by atoms with Gasteiger partial charge in [-0.25, -0.2) is 0 Å². The molecule has 8 heteroatoms. The zero-order valence-electron chi connectivity index (χ0n) is 10.3. The number of ether oxygens (including phenoxy) is 1. The summed E-state index contributed by atoms with van der Waals surface area (Å²) in [7, 11) is 1.72. The molecule has 2 heterocycles. The summed E-state index contributed by atoms with van der Waals surface area (Å²) in [6, 6.07) is 0.137. The first-order valence-corrected chi connectivity index (χ1v) is 5.20. The van der Waals surface area contributed by atoms with E-state index in [0.29, 0.717) is 11.3 Å². The maximum absolute atomic E-state index is 7.57. The third-order valence-electron chi connectivity index (χ3n) is 2.46. The van der Waals surface area contributed by atoms with E-state index in [1.165, 1.54) is 11.0 Å². The van der Waals surface area contributed by atoms with E-state index in [1.807, 2.05) is 0 Å². The molecular formula is C10H13N7O. The molecule has 0 atom stereocenters. The SMILES string of the molecule is Cc1nnc(Oc2ncn(C)n2)c(C(=N)N)c1C. The normalized spacial score (nSPS) is 10.4. The van der Waals surface area contributed by atoms with E-state index in [2.05, 4.69) is 20.3 Å². The van der Waals surface area contributed by atoms with Gasteiger partial charge in [0.15, 0.2) is 0 Å². The number of hydrogen-bond donors (Lipinski definition) is 2. The third-order valence-corrected chi connectivity index (χ3v) is 2.46. The zero-order valence-corrected chi connectivity index (χ0v) is 10.3. The van der Waals surface area contributed by atoms with Crippen LogP contribution in [0.2, 0.25) is 0 Å². The highest BCUT2D eigenvalue weighted by molar-refractivity contribution is 5.98. The molecule has 94 valence electrons. The largest absolute Gasteiger partial charge is 0.402 e. The summed E-state index contributed by atoms with van der Waals surface area (Å²) < 4.78 is 6.89. The number of nitrogens with two attached hydrogens (primary N) is 1. The lowest BCUT2D eigenvalue weighted by Gasteiger charge is -2.09. The molecule has 0 saturated carbocycles. The summed E-state index contributed by atoms with van der Waals surface area (Å²) >= 11 is 0. The predicted molar refractivity (Wildman–Crippen MR) is 63.6 cm³/mol. The first-order chi connectivity index (χ1) is 8.49. The van der Waals surface area contributed by atoms with Crippen molar-refractivity contribution in [2.24, 2.45) is 12.8 Å². The van der Waals surface area contributed by atoms with Gasteiger partial charge in [0.2, 0.25) is 0 Å². The number of rotatable bonds is 3. The fourth-order valence-corrected chi connectivity index (χ4v) is 1.43. The van der Waals surface area contributed by atoms with Crippen molar-refractivity contribution in [3.8, 4) is 11.9 Å². The monoisotopic (exact) mass is 247 g/mol. The highest BCUT2D eigenvalue weighted by Gasteiger charge is 2.17.